The molecule has 114 valence electrons. The highest BCUT2D eigenvalue weighted by Crippen LogP contribution is 2.23. The summed E-state index contributed by atoms with van der Waals surface area (Å²) in [5.74, 6) is 0. The van der Waals surface area contributed by atoms with Crippen molar-refractivity contribution < 1.29 is 4.74 Å². The average molecular weight is 364 g/mol. The first-order valence-electron chi connectivity index (χ1n) is 6.86. The van der Waals surface area contributed by atoms with Crippen LogP contribution in [0.1, 0.15) is 24.0 Å². The van der Waals surface area contributed by atoms with Gasteiger partial charge in [0.15, 0.2) is 0 Å². The standard InChI is InChI=1S/C15H23BrN2O.ClH/c1-11-3-4-12(7-15(11)16)10-18-6-5-14(19-2)8-13(18)9-17;/h3-4,7,13-14H,5-6,8-10,17H2,1-2H3;1H. The van der Waals surface area contributed by atoms with Crippen molar-refractivity contribution in [2.75, 3.05) is 20.2 Å². The highest BCUT2D eigenvalue weighted by molar-refractivity contribution is 9.10. The maximum absolute atomic E-state index is 5.91. The van der Waals surface area contributed by atoms with Gasteiger partial charge in [-0.05, 0) is 37.0 Å². The number of halogens is 2. The van der Waals surface area contributed by atoms with Crippen LogP contribution in [0.2, 0.25) is 0 Å². The summed E-state index contributed by atoms with van der Waals surface area (Å²) in [4.78, 5) is 2.48. The highest BCUT2D eigenvalue weighted by Gasteiger charge is 2.27. The normalized spacial score (nSPS) is 23.4. The Kier molecular flexibility index (Phi) is 7.48. The number of rotatable bonds is 4. The Morgan fingerprint density at radius 3 is 2.80 bits per heavy atom. The van der Waals surface area contributed by atoms with E-state index in [4.69, 9.17) is 10.5 Å². The van der Waals surface area contributed by atoms with Gasteiger partial charge in [-0.25, -0.2) is 0 Å². The minimum atomic E-state index is 0. The second-order valence-electron chi connectivity index (χ2n) is 5.33. The number of methoxy groups -OCH3 is 1. The Balaban J connectivity index is 0.00000200. The maximum Gasteiger partial charge on any atom is 0.0599 e. The first-order chi connectivity index (χ1) is 9.13. The van der Waals surface area contributed by atoms with Crippen molar-refractivity contribution in [3.63, 3.8) is 0 Å². The van der Waals surface area contributed by atoms with Gasteiger partial charge in [0.2, 0.25) is 0 Å². The summed E-state index contributed by atoms with van der Waals surface area (Å²) < 4.78 is 6.65. The van der Waals surface area contributed by atoms with Gasteiger partial charge in [0.25, 0.3) is 0 Å². The first kappa shape index (κ1) is 17.9. The van der Waals surface area contributed by atoms with E-state index in [-0.39, 0.29) is 12.4 Å². The third-order valence-corrected chi connectivity index (χ3v) is 4.87. The minimum absolute atomic E-state index is 0. The summed E-state index contributed by atoms with van der Waals surface area (Å²) in [7, 11) is 1.80. The zero-order valence-electron chi connectivity index (χ0n) is 12.1. The summed E-state index contributed by atoms with van der Waals surface area (Å²) in [6.45, 7) is 4.84. The van der Waals surface area contributed by atoms with Crippen LogP contribution in [0.25, 0.3) is 0 Å². The molecule has 0 aromatic heterocycles. The Hall–Kier alpha value is -0.130. The van der Waals surface area contributed by atoms with Gasteiger partial charge in [-0.1, -0.05) is 28.1 Å². The molecule has 2 rings (SSSR count). The van der Waals surface area contributed by atoms with Gasteiger partial charge in [0.05, 0.1) is 6.10 Å². The van der Waals surface area contributed by atoms with Gasteiger partial charge < -0.3 is 10.5 Å². The van der Waals surface area contributed by atoms with E-state index in [2.05, 4.69) is 46.0 Å². The van der Waals surface area contributed by atoms with Crippen molar-refractivity contribution in [2.45, 2.75) is 38.5 Å². The second kappa shape index (κ2) is 8.35. The first-order valence-corrected chi connectivity index (χ1v) is 7.65. The van der Waals surface area contributed by atoms with E-state index in [0.717, 1.165) is 25.9 Å². The van der Waals surface area contributed by atoms with Crippen LogP contribution in [0.15, 0.2) is 22.7 Å². The van der Waals surface area contributed by atoms with Crippen molar-refractivity contribution in [3.8, 4) is 0 Å². The second-order valence-corrected chi connectivity index (χ2v) is 6.18. The number of benzene rings is 1. The number of hydrogen-bond acceptors (Lipinski definition) is 3. The number of ether oxygens (including phenoxy) is 1. The molecule has 1 heterocycles. The van der Waals surface area contributed by atoms with Gasteiger partial charge >= 0.3 is 0 Å². The third-order valence-electron chi connectivity index (χ3n) is 4.02. The molecule has 0 bridgehead atoms. The van der Waals surface area contributed by atoms with Crippen LogP contribution < -0.4 is 5.73 Å². The van der Waals surface area contributed by atoms with E-state index < -0.39 is 0 Å². The Bertz CT molecular complexity index is 430. The smallest absolute Gasteiger partial charge is 0.0599 e. The van der Waals surface area contributed by atoms with Gasteiger partial charge in [-0.3, -0.25) is 4.90 Å². The lowest BCUT2D eigenvalue weighted by atomic mass is 9.98. The monoisotopic (exact) mass is 362 g/mol. The molecule has 1 saturated heterocycles. The van der Waals surface area contributed by atoms with E-state index >= 15 is 0 Å². The molecule has 1 aromatic rings. The van der Waals surface area contributed by atoms with Crippen molar-refractivity contribution in [1.82, 2.24) is 4.90 Å². The lowest BCUT2D eigenvalue weighted by Crippen LogP contribution is -2.47. The number of nitrogens with two attached hydrogens (primary N) is 1. The molecule has 3 nitrogen and oxygen atoms in total. The van der Waals surface area contributed by atoms with Gasteiger partial charge in [-0.15, -0.1) is 12.4 Å². The molecule has 0 saturated carbocycles. The predicted octanol–water partition coefficient (Wildman–Crippen LogP) is 3.12. The van der Waals surface area contributed by atoms with Crippen molar-refractivity contribution in [2.24, 2.45) is 5.73 Å². The molecule has 2 atom stereocenters. The predicted molar refractivity (Wildman–Crippen MR) is 89.4 cm³/mol. The number of piperidine rings is 1. The lowest BCUT2D eigenvalue weighted by molar-refractivity contribution is 0.0102. The summed E-state index contributed by atoms with van der Waals surface area (Å²) >= 11 is 3.60. The molecule has 0 aliphatic carbocycles. The fourth-order valence-electron chi connectivity index (χ4n) is 2.70. The number of aryl methyl sites for hydroxylation is 1. The molecule has 5 heteroatoms. The maximum atomic E-state index is 5.91. The zero-order valence-corrected chi connectivity index (χ0v) is 14.5. The fraction of sp³-hybridized carbons (Fsp3) is 0.600. The van der Waals surface area contributed by atoms with E-state index in [1.165, 1.54) is 15.6 Å². The van der Waals surface area contributed by atoms with Crippen LogP contribution in [0, 0.1) is 6.92 Å². The summed E-state index contributed by atoms with van der Waals surface area (Å²) in [5.41, 5.74) is 8.53. The van der Waals surface area contributed by atoms with E-state index in [9.17, 15) is 0 Å². The van der Waals surface area contributed by atoms with E-state index in [1.807, 2.05) is 0 Å². The zero-order chi connectivity index (χ0) is 13.8. The molecule has 0 spiro atoms. The van der Waals surface area contributed by atoms with Crippen LogP contribution in [-0.2, 0) is 11.3 Å². The van der Waals surface area contributed by atoms with Crippen molar-refractivity contribution in [1.29, 1.82) is 0 Å². The van der Waals surface area contributed by atoms with E-state index in [0.29, 0.717) is 18.7 Å². The molecule has 0 radical (unpaired) electrons. The molecule has 20 heavy (non-hydrogen) atoms. The SMILES string of the molecule is COC1CCN(Cc2ccc(C)c(Br)c2)C(CN)C1.Cl. The molecule has 1 aromatic carbocycles. The van der Waals surface area contributed by atoms with Crippen LogP contribution in [0.5, 0.6) is 0 Å². The number of hydrogen-bond donors (Lipinski definition) is 1. The molecule has 2 unspecified atom stereocenters. The Morgan fingerprint density at radius 2 is 2.20 bits per heavy atom. The van der Waals surface area contributed by atoms with Crippen LogP contribution >= 0.6 is 28.3 Å². The lowest BCUT2D eigenvalue weighted by Gasteiger charge is -2.38. The van der Waals surface area contributed by atoms with E-state index in [1.54, 1.807) is 7.11 Å². The highest BCUT2D eigenvalue weighted by atomic mass is 79.9. The third kappa shape index (κ3) is 4.43. The molecule has 1 aliphatic heterocycles. The topological polar surface area (TPSA) is 38.5 Å². The Labute approximate surface area is 136 Å². The largest absolute Gasteiger partial charge is 0.381 e. The minimum Gasteiger partial charge on any atom is -0.381 e. The fourth-order valence-corrected chi connectivity index (χ4v) is 3.13. The van der Waals surface area contributed by atoms with Gasteiger partial charge in [0.1, 0.15) is 0 Å². The van der Waals surface area contributed by atoms with Gasteiger partial charge in [0, 0.05) is 37.3 Å². The molecule has 1 aliphatic rings. The molecule has 2 N–H and O–H groups in total. The molecular weight excluding hydrogens is 340 g/mol. The van der Waals surface area contributed by atoms with Crippen molar-refractivity contribution in [3.05, 3.63) is 33.8 Å². The molecule has 0 amide bonds. The summed E-state index contributed by atoms with van der Waals surface area (Å²) in [6.07, 6.45) is 2.51. The number of likely N-dealkylation sites (tertiary alicyclic amines) is 1. The summed E-state index contributed by atoms with van der Waals surface area (Å²) in [5, 5.41) is 0. The average Bonchev–Trinajstić information content (AvgIpc) is 2.43. The van der Waals surface area contributed by atoms with Crippen LogP contribution in [-0.4, -0.2) is 37.2 Å². The number of nitrogens with zero attached hydrogens (tertiary/aromatic N) is 1. The molecule has 1 fully saturated rings. The van der Waals surface area contributed by atoms with Gasteiger partial charge in [-0.2, -0.15) is 0 Å². The quantitative estimate of drug-likeness (QED) is 0.893. The molecular formula is C15H24BrClN2O. The van der Waals surface area contributed by atoms with Crippen molar-refractivity contribution >= 4 is 28.3 Å². The van der Waals surface area contributed by atoms with Crippen LogP contribution in [0.4, 0.5) is 0 Å². The Morgan fingerprint density at radius 1 is 1.45 bits per heavy atom. The van der Waals surface area contributed by atoms with Crippen LogP contribution in [0.3, 0.4) is 0 Å². The summed E-state index contributed by atoms with van der Waals surface area (Å²) in [6, 6.07) is 7.01.